The minimum atomic E-state index is -0.884. The number of nitrogens with zero attached hydrogens (tertiary/aromatic N) is 2. The van der Waals surface area contributed by atoms with E-state index >= 15 is 0 Å². The zero-order valence-corrected chi connectivity index (χ0v) is 16.2. The Hall–Kier alpha value is -3.54. The van der Waals surface area contributed by atoms with Crippen molar-refractivity contribution < 1.29 is 14.7 Å². The minimum absolute atomic E-state index is 0.257. The van der Waals surface area contributed by atoms with Crippen LogP contribution in [0.15, 0.2) is 73.2 Å². The average molecular weight is 389 g/mol. The molecule has 2 atom stereocenters. The summed E-state index contributed by atoms with van der Waals surface area (Å²) in [6.07, 6.45) is 3.67. The maximum Gasteiger partial charge on any atom is 0.306 e. The second-order valence-corrected chi connectivity index (χ2v) is 7.01. The molecule has 1 aromatic heterocycles. The molecule has 3 aromatic rings. The Morgan fingerprint density at radius 1 is 1.00 bits per heavy atom. The molecule has 6 heteroatoms. The van der Waals surface area contributed by atoms with Crippen LogP contribution in [0.2, 0.25) is 0 Å². The first-order valence-corrected chi connectivity index (χ1v) is 9.47. The molecule has 2 N–H and O–H groups in total. The highest BCUT2D eigenvalue weighted by Crippen LogP contribution is 2.20. The highest BCUT2D eigenvalue weighted by atomic mass is 16.4. The standard InChI is InChI=1S/C23H23N3O3/c1-16(23(28)29)13-20(26-22(27)21-11-12-24-15-25-21)14-17-7-9-19(10-8-17)18-5-3-2-4-6-18/h2-12,15-16,20H,13-14H2,1H3,(H,26,27)(H,28,29)/t16-,20+/m1/s1. The Kier molecular flexibility index (Phi) is 6.68. The highest BCUT2D eigenvalue weighted by Gasteiger charge is 2.21. The fourth-order valence-electron chi connectivity index (χ4n) is 3.15. The van der Waals surface area contributed by atoms with Crippen molar-refractivity contribution in [2.75, 3.05) is 0 Å². The second-order valence-electron chi connectivity index (χ2n) is 7.01. The summed E-state index contributed by atoms with van der Waals surface area (Å²) in [5.74, 6) is -1.80. The Morgan fingerprint density at radius 2 is 1.69 bits per heavy atom. The average Bonchev–Trinajstić information content (AvgIpc) is 2.75. The smallest absolute Gasteiger partial charge is 0.306 e. The van der Waals surface area contributed by atoms with Gasteiger partial charge in [0, 0.05) is 12.2 Å². The summed E-state index contributed by atoms with van der Waals surface area (Å²) in [5.41, 5.74) is 3.52. The molecule has 0 bridgehead atoms. The Balaban J connectivity index is 1.73. The molecule has 0 saturated carbocycles. The summed E-state index contributed by atoms with van der Waals surface area (Å²) in [4.78, 5) is 31.6. The van der Waals surface area contributed by atoms with Crippen molar-refractivity contribution in [3.8, 4) is 11.1 Å². The number of benzene rings is 2. The lowest BCUT2D eigenvalue weighted by Gasteiger charge is -2.21. The molecule has 3 rings (SSSR count). The van der Waals surface area contributed by atoms with Gasteiger partial charge in [-0.25, -0.2) is 9.97 Å². The van der Waals surface area contributed by atoms with E-state index in [1.807, 2.05) is 54.6 Å². The quantitative estimate of drug-likeness (QED) is 0.614. The minimum Gasteiger partial charge on any atom is -0.481 e. The van der Waals surface area contributed by atoms with E-state index in [-0.39, 0.29) is 17.6 Å². The zero-order chi connectivity index (χ0) is 20.6. The van der Waals surface area contributed by atoms with Gasteiger partial charge in [-0.05, 0) is 35.6 Å². The van der Waals surface area contributed by atoms with Gasteiger partial charge in [-0.1, -0.05) is 61.5 Å². The Morgan fingerprint density at radius 3 is 2.31 bits per heavy atom. The van der Waals surface area contributed by atoms with Gasteiger partial charge in [-0.3, -0.25) is 9.59 Å². The van der Waals surface area contributed by atoms with Crippen molar-refractivity contribution in [3.05, 3.63) is 84.4 Å². The number of aromatic nitrogens is 2. The van der Waals surface area contributed by atoms with Gasteiger partial charge >= 0.3 is 5.97 Å². The largest absolute Gasteiger partial charge is 0.481 e. The second kappa shape index (κ2) is 9.59. The van der Waals surface area contributed by atoms with Crippen LogP contribution in [0.4, 0.5) is 0 Å². The first-order valence-electron chi connectivity index (χ1n) is 9.47. The van der Waals surface area contributed by atoms with Gasteiger partial charge in [-0.15, -0.1) is 0 Å². The molecule has 148 valence electrons. The molecular weight excluding hydrogens is 366 g/mol. The van der Waals surface area contributed by atoms with Crippen molar-refractivity contribution in [3.63, 3.8) is 0 Å². The summed E-state index contributed by atoms with van der Waals surface area (Å²) in [7, 11) is 0. The van der Waals surface area contributed by atoms with E-state index in [9.17, 15) is 14.7 Å². The topological polar surface area (TPSA) is 92.2 Å². The van der Waals surface area contributed by atoms with Crippen LogP contribution in [0.3, 0.4) is 0 Å². The molecule has 0 fully saturated rings. The van der Waals surface area contributed by atoms with Crippen LogP contribution in [-0.4, -0.2) is 33.0 Å². The van der Waals surface area contributed by atoms with Gasteiger partial charge < -0.3 is 10.4 Å². The number of carbonyl (C=O) groups excluding carboxylic acids is 1. The molecule has 0 spiro atoms. The third-order valence-corrected chi connectivity index (χ3v) is 4.75. The van der Waals surface area contributed by atoms with Gasteiger partial charge in [0.2, 0.25) is 0 Å². The number of carboxylic acid groups (broad SMARTS) is 1. The number of hydrogen-bond acceptors (Lipinski definition) is 4. The molecular formula is C23H23N3O3. The van der Waals surface area contributed by atoms with Crippen LogP contribution < -0.4 is 5.32 Å². The Labute approximate surface area is 169 Å². The normalized spacial score (nSPS) is 12.7. The van der Waals surface area contributed by atoms with Crippen molar-refractivity contribution in [1.29, 1.82) is 0 Å². The van der Waals surface area contributed by atoms with Crippen LogP contribution in [0.1, 0.15) is 29.4 Å². The summed E-state index contributed by atoms with van der Waals surface area (Å²) in [6.45, 7) is 1.64. The number of carboxylic acids is 1. The zero-order valence-electron chi connectivity index (χ0n) is 16.2. The van der Waals surface area contributed by atoms with Crippen molar-refractivity contribution in [1.82, 2.24) is 15.3 Å². The first kappa shape index (κ1) is 20.2. The van der Waals surface area contributed by atoms with Gasteiger partial charge in [0.05, 0.1) is 5.92 Å². The predicted molar refractivity (Wildman–Crippen MR) is 110 cm³/mol. The highest BCUT2D eigenvalue weighted by molar-refractivity contribution is 5.92. The third kappa shape index (κ3) is 5.72. The molecule has 29 heavy (non-hydrogen) atoms. The molecule has 0 saturated heterocycles. The summed E-state index contributed by atoms with van der Waals surface area (Å²) < 4.78 is 0. The lowest BCUT2D eigenvalue weighted by Crippen LogP contribution is -2.39. The van der Waals surface area contributed by atoms with Gasteiger partial charge in [-0.2, -0.15) is 0 Å². The van der Waals surface area contributed by atoms with E-state index in [2.05, 4.69) is 15.3 Å². The number of aliphatic carboxylic acids is 1. The monoisotopic (exact) mass is 389 g/mol. The Bertz CT molecular complexity index is 944. The van der Waals surface area contributed by atoms with E-state index in [1.54, 1.807) is 6.92 Å². The van der Waals surface area contributed by atoms with E-state index in [0.29, 0.717) is 12.8 Å². The molecule has 2 aromatic carbocycles. The van der Waals surface area contributed by atoms with E-state index < -0.39 is 11.9 Å². The van der Waals surface area contributed by atoms with Crippen LogP contribution in [0.25, 0.3) is 11.1 Å². The van der Waals surface area contributed by atoms with Crippen molar-refractivity contribution >= 4 is 11.9 Å². The third-order valence-electron chi connectivity index (χ3n) is 4.75. The first-order chi connectivity index (χ1) is 14.0. The van der Waals surface area contributed by atoms with Crippen LogP contribution in [0, 0.1) is 5.92 Å². The number of nitrogens with one attached hydrogen (secondary N) is 1. The van der Waals surface area contributed by atoms with Gasteiger partial charge in [0.25, 0.3) is 5.91 Å². The molecule has 0 radical (unpaired) electrons. The van der Waals surface area contributed by atoms with Gasteiger partial charge in [0.15, 0.2) is 0 Å². The molecule has 0 unspecified atom stereocenters. The molecule has 0 aliphatic carbocycles. The lowest BCUT2D eigenvalue weighted by atomic mass is 9.95. The number of hydrogen-bond donors (Lipinski definition) is 2. The van der Waals surface area contributed by atoms with Crippen LogP contribution >= 0.6 is 0 Å². The van der Waals surface area contributed by atoms with Crippen LogP contribution in [-0.2, 0) is 11.2 Å². The molecule has 0 aliphatic rings. The number of rotatable bonds is 8. The van der Waals surface area contributed by atoms with E-state index in [1.165, 1.54) is 18.6 Å². The molecule has 6 nitrogen and oxygen atoms in total. The summed E-state index contributed by atoms with van der Waals surface area (Å²) in [5, 5.41) is 12.2. The van der Waals surface area contributed by atoms with Gasteiger partial charge in [0.1, 0.15) is 12.0 Å². The molecule has 0 aliphatic heterocycles. The molecule has 1 amide bonds. The SMILES string of the molecule is C[C@H](C[C@@H](Cc1ccc(-c2ccccc2)cc1)NC(=O)c1ccncn1)C(=O)O. The predicted octanol–water partition coefficient (Wildman–Crippen LogP) is 3.60. The fourth-order valence-corrected chi connectivity index (χ4v) is 3.15. The maximum atomic E-state index is 12.5. The summed E-state index contributed by atoms with van der Waals surface area (Å²) in [6, 6.07) is 19.4. The van der Waals surface area contributed by atoms with E-state index in [0.717, 1.165) is 16.7 Å². The number of amides is 1. The summed E-state index contributed by atoms with van der Waals surface area (Å²) >= 11 is 0. The van der Waals surface area contributed by atoms with Crippen LogP contribution in [0.5, 0.6) is 0 Å². The van der Waals surface area contributed by atoms with Crippen molar-refractivity contribution in [2.24, 2.45) is 5.92 Å². The number of carbonyl (C=O) groups is 2. The van der Waals surface area contributed by atoms with Crippen molar-refractivity contribution in [2.45, 2.75) is 25.8 Å². The molecule has 1 heterocycles. The fraction of sp³-hybridized carbons (Fsp3) is 0.217. The lowest BCUT2D eigenvalue weighted by molar-refractivity contribution is -0.141. The van der Waals surface area contributed by atoms with E-state index in [4.69, 9.17) is 0 Å². The maximum absolute atomic E-state index is 12.5.